The normalized spacial score (nSPS) is 10.5. The molecule has 2 rings (SSSR count). The number of hydrogen-bond acceptors (Lipinski definition) is 2. The molecule has 0 fully saturated rings. The van der Waals surface area contributed by atoms with Crippen molar-refractivity contribution < 1.29 is 0 Å². The van der Waals surface area contributed by atoms with E-state index in [2.05, 4.69) is 28.5 Å². The van der Waals surface area contributed by atoms with Crippen molar-refractivity contribution in [2.75, 3.05) is 7.05 Å². The lowest BCUT2D eigenvalue weighted by atomic mass is 10.0. The van der Waals surface area contributed by atoms with E-state index in [-0.39, 0.29) is 0 Å². The molecule has 0 aliphatic heterocycles. The minimum absolute atomic E-state index is 0.791. The number of hydrogen-bond donors (Lipinski definition) is 1. The van der Waals surface area contributed by atoms with Gasteiger partial charge in [0.05, 0.1) is 0 Å². The predicted molar refractivity (Wildman–Crippen MR) is 71.3 cm³/mol. The average Bonchev–Trinajstić information content (AvgIpc) is 2.35. The zero-order valence-electron chi connectivity index (χ0n) is 9.78. The first-order chi connectivity index (χ1) is 8.29. The molecule has 1 N–H and O–H groups in total. The third-order valence-electron chi connectivity index (χ3n) is 2.61. The summed E-state index contributed by atoms with van der Waals surface area (Å²) in [7, 11) is 1.92. The summed E-state index contributed by atoms with van der Waals surface area (Å²) in [6.07, 6.45) is 4.58. The standard InChI is InChI=1S/C14H15ClN2/c1-16-10-13-8-11(4-5-14(13)15)7-12-3-2-6-17-9-12/h2-6,8-9,16H,7,10H2,1H3. The second kappa shape index (κ2) is 5.80. The van der Waals surface area contributed by atoms with Gasteiger partial charge in [-0.05, 0) is 42.3 Å². The third kappa shape index (κ3) is 3.29. The van der Waals surface area contributed by atoms with E-state index in [1.807, 2.05) is 25.4 Å². The van der Waals surface area contributed by atoms with Crippen LogP contribution >= 0.6 is 11.6 Å². The second-order valence-corrected chi connectivity index (χ2v) is 4.40. The van der Waals surface area contributed by atoms with Crippen LogP contribution in [0.5, 0.6) is 0 Å². The molecule has 1 aromatic carbocycles. The highest BCUT2D eigenvalue weighted by Crippen LogP contribution is 2.19. The highest BCUT2D eigenvalue weighted by molar-refractivity contribution is 6.31. The minimum Gasteiger partial charge on any atom is -0.316 e. The van der Waals surface area contributed by atoms with E-state index >= 15 is 0 Å². The highest BCUT2D eigenvalue weighted by Gasteiger charge is 2.02. The Morgan fingerprint density at radius 3 is 2.82 bits per heavy atom. The molecule has 88 valence electrons. The van der Waals surface area contributed by atoms with Gasteiger partial charge in [-0.3, -0.25) is 4.98 Å². The zero-order valence-corrected chi connectivity index (χ0v) is 10.5. The molecule has 0 spiro atoms. The Hall–Kier alpha value is -1.38. The van der Waals surface area contributed by atoms with E-state index < -0.39 is 0 Å². The van der Waals surface area contributed by atoms with Crippen LogP contribution in [0.25, 0.3) is 0 Å². The number of rotatable bonds is 4. The van der Waals surface area contributed by atoms with Crippen molar-refractivity contribution in [2.24, 2.45) is 0 Å². The van der Waals surface area contributed by atoms with Crippen LogP contribution in [0.2, 0.25) is 5.02 Å². The van der Waals surface area contributed by atoms with Crippen molar-refractivity contribution in [3.8, 4) is 0 Å². The molecule has 0 saturated heterocycles. The van der Waals surface area contributed by atoms with Crippen molar-refractivity contribution >= 4 is 11.6 Å². The van der Waals surface area contributed by atoms with Crippen LogP contribution in [0.4, 0.5) is 0 Å². The van der Waals surface area contributed by atoms with Crippen LogP contribution < -0.4 is 5.32 Å². The molecule has 0 unspecified atom stereocenters. The largest absolute Gasteiger partial charge is 0.316 e. The number of pyridine rings is 1. The van der Waals surface area contributed by atoms with E-state index in [0.29, 0.717) is 0 Å². The molecular weight excluding hydrogens is 232 g/mol. The van der Waals surface area contributed by atoms with Gasteiger partial charge in [0.25, 0.3) is 0 Å². The van der Waals surface area contributed by atoms with Crippen molar-refractivity contribution in [3.63, 3.8) is 0 Å². The Bertz CT molecular complexity index is 483. The van der Waals surface area contributed by atoms with E-state index in [0.717, 1.165) is 23.6 Å². The molecule has 2 nitrogen and oxygen atoms in total. The molecule has 0 saturated carbocycles. The van der Waals surface area contributed by atoms with Crippen LogP contribution in [-0.2, 0) is 13.0 Å². The molecular formula is C14H15ClN2. The van der Waals surface area contributed by atoms with Gasteiger partial charge in [-0.15, -0.1) is 0 Å². The van der Waals surface area contributed by atoms with Crippen LogP contribution in [0.15, 0.2) is 42.7 Å². The summed E-state index contributed by atoms with van der Waals surface area (Å²) >= 11 is 6.13. The number of nitrogens with zero attached hydrogens (tertiary/aromatic N) is 1. The SMILES string of the molecule is CNCc1cc(Cc2cccnc2)ccc1Cl. The zero-order chi connectivity index (χ0) is 12.1. The molecule has 0 aliphatic carbocycles. The first-order valence-corrected chi connectivity index (χ1v) is 5.98. The number of aromatic nitrogens is 1. The molecule has 2 aromatic rings. The van der Waals surface area contributed by atoms with E-state index in [9.17, 15) is 0 Å². The van der Waals surface area contributed by atoms with Gasteiger partial charge in [-0.25, -0.2) is 0 Å². The quantitative estimate of drug-likeness (QED) is 0.897. The number of halogens is 1. The summed E-state index contributed by atoms with van der Waals surface area (Å²) in [6, 6.07) is 10.2. The monoisotopic (exact) mass is 246 g/mol. The maximum atomic E-state index is 6.13. The van der Waals surface area contributed by atoms with Crippen LogP contribution in [0.3, 0.4) is 0 Å². The van der Waals surface area contributed by atoms with Crippen molar-refractivity contribution in [1.29, 1.82) is 0 Å². The van der Waals surface area contributed by atoms with Gasteiger partial charge in [0.15, 0.2) is 0 Å². The van der Waals surface area contributed by atoms with Gasteiger partial charge >= 0.3 is 0 Å². The van der Waals surface area contributed by atoms with E-state index in [1.54, 1.807) is 6.20 Å². The lowest BCUT2D eigenvalue weighted by molar-refractivity contribution is 0.816. The molecule has 3 heteroatoms. The summed E-state index contributed by atoms with van der Waals surface area (Å²) in [6.45, 7) is 0.791. The Morgan fingerprint density at radius 1 is 1.24 bits per heavy atom. The lowest BCUT2D eigenvalue weighted by Crippen LogP contribution is -2.06. The molecule has 0 atom stereocenters. The fraction of sp³-hybridized carbons (Fsp3) is 0.214. The number of nitrogens with one attached hydrogen (secondary N) is 1. The summed E-state index contributed by atoms with van der Waals surface area (Å²) in [5.41, 5.74) is 3.61. The van der Waals surface area contributed by atoms with Gasteiger partial charge in [-0.1, -0.05) is 29.8 Å². The smallest absolute Gasteiger partial charge is 0.0451 e. The minimum atomic E-state index is 0.791. The first-order valence-electron chi connectivity index (χ1n) is 5.60. The fourth-order valence-electron chi connectivity index (χ4n) is 1.80. The van der Waals surface area contributed by atoms with Crippen molar-refractivity contribution in [2.45, 2.75) is 13.0 Å². The maximum absolute atomic E-state index is 6.13. The van der Waals surface area contributed by atoms with Gasteiger partial charge in [0, 0.05) is 24.0 Å². The molecule has 0 bridgehead atoms. The molecule has 0 radical (unpaired) electrons. The van der Waals surface area contributed by atoms with Crippen molar-refractivity contribution in [3.05, 3.63) is 64.4 Å². The van der Waals surface area contributed by atoms with Gasteiger partial charge in [0.1, 0.15) is 0 Å². The van der Waals surface area contributed by atoms with Crippen LogP contribution in [-0.4, -0.2) is 12.0 Å². The van der Waals surface area contributed by atoms with Crippen molar-refractivity contribution in [1.82, 2.24) is 10.3 Å². The summed E-state index contributed by atoms with van der Waals surface area (Å²) in [4.78, 5) is 4.12. The average molecular weight is 247 g/mol. The highest BCUT2D eigenvalue weighted by atomic mass is 35.5. The third-order valence-corrected chi connectivity index (χ3v) is 2.98. The van der Waals surface area contributed by atoms with Crippen LogP contribution in [0.1, 0.15) is 16.7 Å². The Balaban J connectivity index is 2.19. The Morgan fingerprint density at radius 2 is 2.12 bits per heavy atom. The first kappa shape index (κ1) is 12.1. The molecule has 0 aliphatic rings. The molecule has 17 heavy (non-hydrogen) atoms. The summed E-state index contributed by atoms with van der Waals surface area (Å²) in [5, 5.41) is 3.93. The van der Waals surface area contributed by atoms with Gasteiger partial charge in [-0.2, -0.15) is 0 Å². The topological polar surface area (TPSA) is 24.9 Å². The number of benzene rings is 1. The molecule has 0 amide bonds. The maximum Gasteiger partial charge on any atom is 0.0451 e. The summed E-state index contributed by atoms with van der Waals surface area (Å²) in [5.74, 6) is 0. The van der Waals surface area contributed by atoms with E-state index in [4.69, 9.17) is 11.6 Å². The second-order valence-electron chi connectivity index (χ2n) is 3.99. The Labute approximate surface area is 107 Å². The Kier molecular flexibility index (Phi) is 4.13. The molecule has 1 aromatic heterocycles. The fourth-order valence-corrected chi connectivity index (χ4v) is 1.99. The predicted octanol–water partition coefficient (Wildman–Crippen LogP) is 3.05. The summed E-state index contributed by atoms with van der Waals surface area (Å²) < 4.78 is 0. The van der Waals surface area contributed by atoms with E-state index in [1.165, 1.54) is 11.1 Å². The van der Waals surface area contributed by atoms with Gasteiger partial charge in [0.2, 0.25) is 0 Å². The van der Waals surface area contributed by atoms with Gasteiger partial charge < -0.3 is 5.32 Å². The lowest BCUT2D eigenvalue weighted by Gasteiger charge is -2.07. The molecule has 1 heterocycles. The van der Waals surface area contributed by atoms with Crippen LogP contribution in [0, 0.1) is 0 Å².